The summed E-state index contributed by atoms with van der Waals surface area (Å²) in [6.07, 6.45) is 2.55. The number of hydrogen-bond donors (Lipinski definition) is 1. The first-order valence-corrected chi connectivity index (χ1v) is 12.2. The minimum Gasteiger partial charge on any atom is -0.497 e. The third-order valence-electron chi connectivity index (χ3n) is 6.01. The van der Waals surface area contributed by atoms with Crippen LogP contribution in [0, 0.1) is 0 Å². The summed E-state index contributed by atoms with van der Waals surface area (Å²) in [6, 6.07) is 13.5. The number of nitrogens with zero attached hydrogens (tertiary/aromatic N) is 2. The molecule has 170 valence electrons. The monoisotopic (exact) mass is 457 g/mol. The van der Waals surface area contributed by atoms with Gasteiger partial charge in [-0.3, -0.25) is 19.4 Å². The highest BCUT2D eigenvalue weighted by atomic mass is 32.2. The van der Waals surface area contributed by atoms with E-state index in [4.69, 9.17) is 4.74 Å². The summed E-state index contributed by atoms with van der Waals surface area (Å²) in [5.41, 5.74) is 1.42. The third kappa shape index (κ3) is 4.69. The van der Waals surface area contributed by atoms with Crippen LogP contribution in [0.3, 0.4) is 0 Å². The number of imide groups is 1. The van der Waals surface area contributed by atoms with E-state index >= 15 is 0 Å². The molecule has 32 heavy (non-hydrogen) atoms. The maximum atomic E-state index is 12.9. The van der Waals surface area contributed by atoms with E-state index in [1.165, 1.54) is 24.3 Å². The molecule has 2 aliphatic rings. The molecule has 2 aliphatic heterocycles. The lowest BCUT2D eigenvalue weighted by Gasteiger charge is -2.28. The van der Waals surface area contributed by atoms with Gasteiger partial charge in [0, 0.05) is 25.4 Å². The molecule has 1 N–H and O–H groups in total. The molecule has 2 aromatic carbocycles. The van der Waals surface area contributed by atoms with Crippen LogP contribution in [0.4, 0.5) is 5.69 Å². The van der Waals surface area contributed by atoms with E-state index < -0.39 is 10.0 Å². The van der Waals surface area contributed by atoms with Crippen molar-refractivity contribution in [1.29, 1.82) is 0 Å². The largest absolute Gasteiger partial charge is 0.497 e. The van der Waals surface area contributed by atoms with Crippen molar-refractivity contribution in [3.63, 3.8) is 0 Å². The average Bonchev–Trinajstić information content (AvgIpc) is 3.44. The molecule has 9 heteroatoms. The number of sulfonamides is 1. The summed E-state index contributed by atoms with van der Waals surface area (Å²) in [6.45, 7) is 2.08. The van der Waals surface area contributed by atoms with Crippen molar-refractivity contribution in [2.75, 3.05) is 31.6 Å². The molecule has 8 nitrogen and oxygen atoms in total. The Kier molecular flexibility index (Phi) is 6.59. The van der Waals surface area contributed by atoms with Gasteiger partial charge in [0.2, 0.25) is 21.8 Å². The summed E-state index contributed by atoms with van der Waals surface area (Å²) < 4.78 is 33.9. The van der Waals surface area contributed by atoms with E-state index in [1.807, 2.05) is 24.3 Å². The highest BCUT2D eigenvalue weighted by molar-refractivity contribution is 7.89. The van der Waals surface area contributed by atoms with Gasteiger partial charge >= 0.3 is 0 Å². The van der Waals surface area contributed by atoms with Crippen LogP contribution in [-0.2, 0) is 19.6 Å². The van der Waals surface area contributed by atoms with Gasteiger partial charge in [0.05, 0.1) is 17.7 Å². The quantitative estimate of drug-likeness (QED) is 0.612. The van der Waals surface area contributed by atoms with Gasteiger partial charge in [-0.1, -0.05) is 12.1 Å². The predicted molar refractivity (Wildman–Crippen MR) is 120 cm³/mol. The zero-order valence-corrected chi connectivity index (χ0v) is 18.8. The molecule has 0 bridgehead atoms. The van der Waals surface area contributed by atoms with Crippen molar-refractivity contribution in [3.05, 3.63) is 54.1 Å². The van der Waals surface area contributed by atoms with Crippen molar-refractivity contribution in [1.82, 2.24) is 9.62 Å². The highest BCUT2D eigenvalue weighted by Gasteiger charge is 2.31. The van der Waals surface area contributed by atoms with Gasteiger partial charge in [0.1, 0.15) is 5.75 Å². The predicted octanol–water partition coefficient (Wildman–Crippen LogP) is 2.46. The van der Waals surface area contributed by atoms with Gasteiger partial charge in [-0.25, -0.2) is 13.1 Å². The van der Waals surface area contributed by atoms with Gasteiger partial charge in [0.15, 0.2) is 0 Å². The minimum absolute atomic E-state index is 0.0858. The van der Waals surface area contributed by atoms with Crippen molar-refractivity contribution in [2.45, 2.75) is 36.6 Å². The van der Waals surface area contributed by atoms with E-state index in [0.29, 0.717) is 5.69 Å². The highest BCUT2D eigenvalue weighted by Crippen LogP contribution is 2.27. The molecule has 2 amide bonds. The molecule has 2 aromatic rings. The number of ether oxygens (including phenoxy) is 1. The van der Waals surface area contributed by atoms with Crippen molar-refractivity contribution >= 4 is 27.5 Å². The number of amides is 2. The first-order chi connectivity index (χ1) is 15.4. The summed E-state index contributed by atoms with van der Waals surface area (Å²) in [5.74, 6) is 0.220. The van der Waals surface area contributed by atoms with E-state index in [0.717, 1.165) is 42.1 Å². The molecule has 1 atom stereocenters. The Balaban J connectivity index is 1.49. The zero-order valence-electron chi connectivity index (χ0n) is 18.0. The van der Waals surface area contributed by atoms with Crippen molar-refractivity contribution < 1.29 is 22.7 Å². The number of anilines is 1. The molecule has 0 aliphatic carbocycles. The summed E-state index contributed by atoms with van der Waals surface area (Å²) in [7, 11) is -2.15. The molecular formula is C23H27N3O5S. The molecule has 1 unspecified atom stereocenters. The summed E-state index contributed by atoms with van der Waals surface area (Å²) in [4.78, 5) is 27.3. The summed E-state index contributed by atoms with van der Waals surface area (Å²) in [5, 5.41) is 0. The average molecular weight is 458 g/mol. The molecule has 4 rings (SSSR count). The molecule has 2 fully saturated rings. The Morgan fingerprint density at radius 2 is 1.53 bits per heavy atom. The fourth-order valence-electron chi connectivity index (χ4n) is 4.25. The smallest absolute Gasteiger partial charge is 0.240 e. The first-order valence-electron chi connectivity index (χ1n) is 10.7. The molecule has 0 radical (unpaired) electrons. The normalized spacial score (nSPS) is 18.3. The minimum atomic E-state index is -3.76. The maximum absolute atomic E-state index is 12.9. The number of hydrogen-bond acceptors (Lipinski definition) is 6. The lowest BCUT2D eigenvalue weighted by Crippen LogP contribution is -2.36. The summed E-state index contributed by atoms with van der Waals surface area (Å²) >= 11 is 0. The van der Waals surface area contributed by atoms with Crippen LogP contribution in [0.2, 0.25) is 0 Å². The third-order valence-corrected chi connectivity index (χ3v) is 7.44. The second-order valence-corrected chi connectivity index (χ2v) is 9.77. The van der Waals surface area contributed by atoms with E-state index in [9.17, 15) is 18.0 Å². The number of carbonyl (C=O) groups excluding carboxylic acids is 2. The van der Waals surface area contributed by atoms with E-state index in [-0.39, 0.29) is 42.1 Å². The lowest BCUT2D eigenvalue weighted by molar-refractivity contribution is -0.121. The van der Waals surface area contributed by atoms with Crippen LogP contribution in [-0.4, -0.2) is 51.9 Å². The number of nitrogens with one attached hydrogen (secondary N) is 1. The second kappa shape index (κ2) is 9.40. The fourth-order valence-corrected chi connectivity index (χ4v) is 5.29. The molecule has 2 heterocycles. The number of methoxy groups -OCH3 is 1. The molecule has 2 saturated heterocycles. The molecule has 0 saturated carbocycles. The first kappa shape index (κ1) is 22.4. The number of rotatable bonds is 8. The Labute approximate surface area is 188 Å². The van der Waals surface area contributed by atoms with Crippen LogP contribution in [0.15, 0.2) is 53.4 Å². The van der Waals surface area contributed by atoms with Crippen LogP contribution in [0.5, 0.6) is 5.75 Å². The van der Waals surface area contributed by atoms with Crippen molar-refractivity contribution in [2.24, 2.45) is 0 Å². The van der Waals surface area contributed by atoms with Gasteiger partial charge in [-0.15, -0.1) is 0 Å². The number of carbonyl (C=O) groups is 2. The Morgan fingerprint density at radius 1 is 0.938 bits per heavy atom. The molecule has 0 aromatic heterocycles. The van der Waals surface area contributed by atoms with Crippen LogP contribution in [0.25, 0.3) is 0 Å². The van der Waals surface area contributed by atoms with Gasteiger partial charge < -0.3 is 4.74 Å². The van der Waals surface area contributed by atoms with Crippen molar-refractivity contribution in [3.8, 4) is 5.75 Å². The lowest BCUT2D eigenvalue weighted by atomic mass is 10.1. The second-order valence-electron chi connectivity index (χ2n) is 8.00. The standard InChI is InChI=1S/C23H27N3O5S/c1-31-19-8-4-17(5-9-19)21(25-14-2-3-15-25)16-24-32(29,30)20-10-6-18(7-11-20)26-22(27)12-13-23(26)28/h4-11,21,24H,2-3,12-16H2,1H3. The van der Waals surface area contributed by atoms with E-state index in [2.05, 4.69) is 9.62 Å². The fraction of sp³-hybridized carbons (Fsp3) is 0.391. The van der Waals surface area contributed by atoms with Crippen LogP contribution >= 0.6 is 0 Å². The van der Waals surface area contributed by atoms with Gasteiger partial charge in [0.25, 0.3) is 0 Å². The topological polar surface area (TPSA) is 96.0 Å². The Hall–Kier alpha value is -2.75. The SMILES string of the molecule is COc1ccc(C(CNS(=O)(=O)c2ccc(N3C(=O)CCC3=O)cc2)N2CCCC2)cc1. The Bertz CT molecular complexity index is 1060. The van der Waals surface area contributed by atoms with E-state index in [1.54, 1.807) is 7.11 Å². The van der Waals surface area contributed by atoms with Gasteiger partial charge in [-0.2, -0.15) is 0 Å². The molecular weight excluding hydrogens is 430 g/mol. The number of likely N-dealkylation sites (tertiary alicyclic amines) is 1. The molecule has 0 spiro atoms. The zero-order chi connectivity index (χ0) is 22.7. The van der Waals surface area contributed by atoms with Gasteiger partial charge in [-0.05, 0) is 67.9 Å². The number of benzene rings is 2. The maximum Gasteiger partial charge on any atom is 0.240 e. The van der Waals surface area contributed by atoms with Crippen LogP contribution in [0.1, 0.15) is 37.3 Å². The Morgan fingerprint density at radius 3 is 2.09 bits per heavy atom. The van der Waals surface area contributed by atoms with Crippen LogP contribution < -0.4 is 14.4 Å².